The van der Waals surface area contributed by atoms with Crippen molar-refractivity contribution in [3.8, 4) is 0 Å². The van der Waals surface area contributed by atoms with Gasteiger partial charge in [-0.15, -0.1) is 0 Å². The third-order valence-electron chi connectivity index (χ3n) is 19.8. The normalized spacial score (nSPS) is 13.8. The lowest BCUT2D eigenvalue weighted by atomic mass is 10.0. The van der Waals surface area contributed by atoms with Crippen LogP contribution in [0.15, 0.2) is 0 Å². The van der Waals surface area contributed by atoms with Gasteiger partial charge in [0.15, 0.2) is 12.2 Å². The third kappa shape index (κ3) is 78.0. The van der Waals surface area contributed by atoms with E-state index in [0.29, 0.717) is 25.7 Å². The topological polar surface area (TPSA) is 237 Å². The zero-order valence-corrected chi connectivity index (χ0v) is 69.3. The lowest BCUT2D eigenvalue weighted by Crippen LogP contribution is -2.30. The van der Waals surface area contributed by atoms with Crippen LogP contribution < -0.4 is 0 Å². The average Bonchev–Trinajstić information content (AvgIpc) is 0.910. The molecule has 0 aliphatic rings. The van der Waals surface area contributed by atoms with Crippen molar-refractivity contribution in [1.82, 2.24) is 0 Å². The lowest BCUT2D eigenvalue weighted by Gasteiger charge is -2.21. The molecule has 2 unspecified atom stereocenters. The van der Waals surface area contributed by atoms with Crippen LogP contribution in [-0.4, -0.2) is 96.7 Å². The van der Waals surface area contributed by atoms with Crippen LogP contribution in [0, 0.1) is 5.92 Å². The van der Waals surface area contributed by atoms with E-state index in [1.165, 1.54) is 276 Å². The number of ether oxygens (including phenoxy) is 4. The van der Waals surface area contributed by atoms with Gasteiger partial charge in [-0.1, -0.05) is 401 Å². The number of phosphoric ester groups is 2. The highest BCUT2D eigenvalue weighted by Gasteiger charge is 2.30. The average molecular weight is 1510 g/mol. The molecule has 19 heteroatoms. The molecule has 103 heavy (non-hydrogen) atoms. The summed E-state index contributed by atoms with van der Waals surface area (Å²) < 4.78 is 68.9. The number of hydrogen-bond donors (Lipinski definition) is 3. The smallest absolute Gasteiger partial charge is 0.462 e. The molecule has 0 fully saturated rings. The maximum absolute atomic E-state index is 13.1. The Morgan fingerprint density at radius 1 is 0.262 bits per heavy atom. The van der Waals surface area contributed by atoms with E-state index in [9.17, 15) is 43.2 Å². The number of unbranched alkanes of at least 4 members (excludes halogenated alkanes) is 56. The van der Waals surface area contributed by atoms with E-state index >= 15 is 0 Å². The second kappa shape index (κ2) is 76.8. The summed E-state index contributed by atoms with van der Waals surface area (Å²) in [6.45, 7) is 7.38. The van der Waals surface area contributed by atoms with Crippen molar-refractivity contribution < 1.29 is 80.2 Å². The van der Waals surface area contributed by atoms with E-state index in [0.717, 1.165) is 95.8 Å². The Labute approximate surface area is 632 Å². The van der Waals surface area contributed by atoms with Crippen LogP contribution in [0.5, 0.6) is 0 Å². The fraction of sp³-hybridized carbons (Fsp3) is 0.952. The van der Waals surface area contributed by atoms with Crippen molar-refractivity contribution in [2.45, 2.75) is 470 Å². The number of phosphoric acid groups is 2. The molecular weight excluding hydrogens is 1340 g/mol. The number of aliphatic hydroxyl groups is 1. The van der Waals surface area contributed by atoms with Gasteiger partial charge in [0.1, 0.15) is 19.3 Å². The zero-order chi connectivity index (χ0) is 75.5. The van der Waals surface area contributed by atoms with Crippen molar-refractivity contribution in [3.63, 3.8) is 0 Å². The summed E-state index contributed by atoms with van der Waals surface area (Å²) in [5, 5.41) is 10.7. The first-order valence-electron chi connectivity index (χ1n) is 43.6. The van der Waals surface area contributed by atoms with Crippen molar-refractivity contribution in [1.29, 1.82) is 0 Å². The molecule has 0 spiro atoms. The molecule has 0 radical (unpaired) electrons. The molecule has 0 aliphatic carbocycles. The van der Waals surface area contributed by atoms with Gasteiger partial charge in [-0.2, -0.15) is 0 Å². The predicted octanol–water partition coefficient (Wildman–Crippen LogP) is 25.6. The molecule has 3 N–H and O–H groups in total. The maximum Gasteiger partial charge on any atom is 0.472 e. The number of esters is 4. The number of carbonyl (C=O) groups is 4. The number of rotatable bonds is 84. The van der Waals surface area contributed by atoms with Crippen molar-refractivity contribution >= 4 is 39.5 Å². The molecule has 0 heterocycles. The highest BCUT2D eigenvalue weighted by atomic mass is 31.2. The molecule has 0 saturated carbocycles. The van der Waals surface area contributed by atoms with E-state index < -0.39 is 97.5 Å². The Morgan fingerprint density at radius 2 is 0.447 bits per heavy atom. The van der Waals surface area contributed by atoms with Crippen LogP contribution in [0.3, 0.4) is 0 Å². The molecule has 0 saturated heterocycles. The van der Waals surface area contributed by atoms with Crippen LogP contribution in [0.25, 0.3) is 0 Å². The van der Waals surface area contributed by atoms with E-state index in [1.807, 2.05) is 0 Å². The highest BCUT2D eigenvalue weighted by molar-refractivity contribution is 7.47. The predicted molar refractivity (Wildman–Crippen MR) is 423 cm³/mol. The Balaban J connectivity index is 5.25. The van der Waals surface area contributed by atoms with Crippen LogP contribution in [0.4, 0.5) is 0 Å². The molecule has 0 aliphatic heterocycles. The molecule has 0 bridgehead atoms. The molecule has 0 aromatic rings. The summed E-state index contributed by atoms with van der Waals surface area (Å²) in [7, 11) is -9.92. The molecule has 0 rings (SSSR count). The molecule has 5 atom stereocenters. The minimum absolute atomic E-state index is 0.109. The van der Waals surface area contributed by atoms with Crippen LogP contribution in [0.2, 0.25) is 0 Å². The van der Waals surface area contributed by atoms with Crippen LogP contribution in [-0.2, 0) is 65.4 Å². The molecule has 0 aromatic heterocycles. The summed E-state index contributed by atoms with van der Waals surface area (Å²) in [5.74, 6) is -1.30. The van der Waals surface area contributed by atoms with E-state index in [2.05, 4.69) is 34.6 Å². The zero-order valence-electron chi connectivity index (χ0n) is 67.5. The Kier molecular flexibility index (Phi) is 75.4. The molecular formula is C84H164O17P2. The summed E-state index contributed by atoms with van der Waals surface area (Å²) in [6.07, 6.45) is 69.3. The van der Waals surface area contributed by atoms with Gasteiger partial charge < -0.3 is 33.8 Å². The summed E-state index contributed by atoms with van der Waals surface area (Å²) in [5.41, 5.74) is 0. The fourth-order valence-electron chi connectivity index (χ4n) is 13.1. The van der Waals surface area contributed by atoms with Gasteiger partial charge in [0.05, 0.1) is 26.4 Å². The van der Waals surface area contributed by atoms with Gasteiger partial charge in [0.2, 0.25) is 0 Å². The van der Waals surface area contributed by atoms with Crippen LogP contribution >= 0.6 is 15.6 Å². The highest BCUT2D eigenvalue weighted by Crippen LogP contribution is 2.45. The van der Waals surface area contributed by atoms with Gasteiger partial charge >= 0.3 is 39.5 Å². The second-order valence-electron chi connectivity index (χ2n) is 30.7. The molecule has 612 valence electrons. The second-order valence-corrected chi connectivity index (χ2v) is 33.6. The summed E-state index contributed by atoms with van der Waals surface area (Å²) >= 11 is 0. The van der Waals surface area contributed by atoms with Gasteiger partial charge in [-0.3, -0.25) is 37.3 Å². The van der Waals surface area contributed by atoms with Gasteiger partial charge in [0, 0.05) is 25.7 Å². The summed E-state index contributed by atoms with van der Waals surface area (Å²) in [4.78, 5) is 73.2. The first-order chi connectivity index (χ1) is 50.0. The fourth-order valence-corrected chi connectivity index (χ4v) is 14.7. The largest absolute Gasteiger partial charge is 0.472 e. The van der Waals surface area contributed by atoms with Gasteiger partial charge in [-0.05, 0) is 31.6 Å². The minimum Gasteiger partial charge on any atom is -0.462 e. The molecule has 0 amide bonds. The summed E-state index contributed by atoms with van der Waals surface area (Å²) in [6, 6.07) is 0. The number of aliphatic hydroxyl groups excluding tert-OH is 1. The Morgan fingerprint density at radius 3 is 0.660 bits per heavy atom. The Hall–Kier alpha value is -1.94. The van der Waals surface area contributed by atoms with Crippen LogP contribution in [0.1, 0.15) is 452 Å². The minimum atomic E-state index is -4.96. The van der Waals surface area contributed by atoms with Crippen molar-refractivity contribution in [2.24, 2.45) is 5.92 Å². The Bertz CT molecular complexity index is 1960. The number of carbonyl (C=O) groups excluding carboxylic acids is 4. The lowest BCUT2D eigenvalue weighted by molar-refractivity contribution is -0.161. The third-order valence-corrected chi connectivity index (χ3v) is 21.7. The maximum atomic E-state index is 13.1. The molecule has 0 aromatic carbocycles. The first-order valence-corrected chi connectivity index (χ1v) is 46.6. The van der Waals surface area contributed by atoms with E-state index in [4.69, 9.17) is 37.0 Å². The quantitative estimate of drug-likeness (QED) is 0.0222. The van der Waals surface area contributed by atoms with E-state index in [-0.39, 0.29) is 25.7 Å². The number of hydrogen-bond acceptors (Lipinski definition) is 15. The van der Waals surface area contributed by atoms with Crippen molar-refractivity contribution in [2.75, 3.05) is 39.6 Å². The van der Waals surface area contributed by atoms with Crippen molar-refractivity contribution in [3.05, 3.63) is 0 Å². The first kappa shape index (κ1) is 101. The SMILES string of the molecule is CCCCCCCCCCCCCCCCCCCCCCC(=O)O[C@H](COC(=O)CCCCCCCCCCCCCCCCC(C)C)COP(=O)(O)OC[C@@H](O)COP(=O)(O)OC[C@@H](COC(=O)CCCCCCCCCCCCCC)OC(=O)CCCCCCCCCCCCCCCC. The monoisotopic (exact) mass is 1510 g/mol. The molecule has 17 nitrogen and oxygen atoms in total. The van der Waals surface area contributed by atoms with Gasteiger partial charge in [0.25, 0.3) is 0 Å². The standard InChI is InChI=1S/C84H164O17P2/c1-6-9-12-15-18-21-24-27-29-30-31-32-33-34-40-45-50-55-60-65-70-84(89)101-80(74-95-82(87)68-63-58-53-48-43-39-36-35-37-41-46-51-56-61-66-77(4)5)76-99-103(92,93)97-72-78(85)71-96-102(90,91)98-75-79(73-94-81(86)67-62-57-52-47-42-26-23-20-17-14-11-8-3)100-83(88)69-64-59-54-49-44-38-28-25-22-19-16-13-10-7-2/h77-80,85H,6-76H2,1-5H3,(H,90,91)(H,92,93)/t78-,79+,80+/m0/s1. The van der Waals surface area contributed by atoms with Gasteiger partial charge in [-0.25, -0.2) is 9.13 Å². The van der Waals surface area contributed by atoms with E-state index in [1.54, 1.807) is 0 Å².